The van der Waals surface area contributed by atoms with Crippen LogP contribution in [0.3, 0.4) is 0 Å². The third kappa shape index (κ3) is 4.81. The summed E-state index contributed by atoms with van der Waals surface area (Å²) in [6.45, 7) is 3.99. The highest BCUT2D eigenvalue weighted by molar-refractivity contribution is 7.89. The van der Waals surface area contributed by atoms with Crippen molar-refractivity contribution in [3.63, 3.8) is 0 Å². The second kappa shape index (κ2) is 9.34. The van der Waals surface area contributed by atoms with Crippen molar-refractivity contribution in [2.45, 2.75) is 24.7 Å². The van der Waals surface area contributed by atoms with E-state index in [1.807, 2.05) is 7.05 Å². The minimum Gasteiger partial charge on any atom is -0.462 e. The number of nitrogens with one attached hydrogen (secondary N) is 1. The molecule has 27 heavy (non-hydrogen) atoms. The summed E-state index contributed by atoms with van der Waals surface area (Å²) >= 11 is 1.32. The van der Waals surface area contributed by atoms with E-state index < -0.39 is 10.0 Å². The number of hydrogen-bond acceptors (Lipinski definition) is 6. The number of hydrogen-bond donors (Lipinski definition) is 1. The molecule has 3 rings (SSSR count). The average Bonchev–Trinajstić information content (AvgIpc) is 3.06. The van der Waals surface area contributed by atoms with Crippen LogP contribution in [0.1, 0.15) is 29.4 Å². The van der Waals surface area contributed by atoms with E-state index in [2.05, 4.69) is 5.32 Å². The van der Waals surface area contributed by atoms with E-state index in [9.17, 15) is 13.2 Å². The number of carbonyl (C=O) groups excluding carboxylic acids is 1. The van der Waals surface area contributed by atoms with E-state index in [4.69, 9.17) is 4.74 Å². The maximum absolute atomic E-state index is 13.0. The molecule has 1 N–H and O–H groups in total. The lowest BCUT2D eigenvalue weighted by Crippen LogP contribution is -2.42. The number of thiophene rings is 1. The second-order valence-corrected chi connectivity index (χ2v) is 9.48. The van der Waals surface area contributed by atoms with Gasteiger partial charge in [0, 0.05) is 17.8 Å². The minimum atomic E-state index is -3.53. The third-order valence-corrected chi connectivity index (χ3v) is 7.53. The maximum Gasteiger partial charge on any atom is 0.348 e. The number of rotatable bonds is 6. The first kappa shape index (κ1) is 22.1. The lowest BCUT2D eigenvalue weighted by molar-refractivity contribution is 0.0532. The van der Waals surface area contributed by atoms with Crippen molar-refractivity contribution in [1.29, 1.82) is 0 Å². The van der Waals surface area contributed by atoms with Gasteiger partial charge in [0.15, 0.2) is 0 Å². The fraction of sp³-hybridized carbons (Fsp3) is 0.500. The Morgan fingerprint density at radius 3 is 2.85 bits per heavy atom. The van der Waals surface area contributed by atoms with Crippen molar-refractivity contribution in [2.75, 3.05) is 33.3 Å². The van der Waals surface area contributed by atoms with E-state index in [0.717, 1.165) is 29.5 Å². The van der Waals surface area contributed by atoms with Gasteiger partial charge in [-0.1, -0.05) is 0 Å². The average molecular weight is 433 g/mol. The van der Waals surface area contributed by atoms with Crippen LogP contribution in [0.25, 0.3) is 10.1 Å². The van der Waals surface area contributed by atoms with Gasteiger partial charge in [-0.3, -0.25) is 0 Å². The van der Waals surface area contributed by atoms with Gasteiger partial charge in [-0.15, -0.1) is 23.7 Å². The maximum atomic E-state index is 13.0. The van der Waals surface area contributed by atoms with Crippen LogP contribution >= 0.6 is 23.7 Å². The van der Waals surface area contributed by atoms with Crippen LogP contribution in [0.4, 0.5) is 0 Å². The number of fused-ring (bicyclic) bond motifs is 1. The smallest absolute Gasteiger partial charge is 0.348 e. The molecule has 1 aliphatic rings. The van der Waals surface area contributed by atoms with Gasteiger partial charge in [-0.2, -0.15) is 4.31 Å². The van der Waals surface area contributed by atoms with Crippen LogP contribution in [0.5, 0.6) is 0 Å². The molecular formula is C18H25ClN2O4S2. The first-order chi connectivity index (χ1) is 12.5. The summed E-state index contributed by atoms with van der Waals surface area (Å²) in [4.78, 5) is 12.7. The van der Waals surface area contributed by atoms with Crippen LogP contribution in [-0.2, 0) is 14.8 Å². The van der Waals surface area contributed by atoms with Crippen molar-refractivity contribution >= 4 is 49.8 Å². The highest BCUT2D eigenvalue weighted by atomic mass is 35.5. The molecule has 0 aliphatic carbocycles. The monoisotopic (exact) mass is 432 g/mol. The SMILES string of the molecule is CCOC(=O)c1cc2cc(S(=O)(=O)N3CCCC(CNC)C3)ccc2s1.Cl. The van der Waals surface area contributed by atoms with Gasteiger partial charge in [0.2, 0.25) is 10.0 Å². The van der Waals surface area contributed by atoms with Crippen LogP contribution in [-0.4, -0.2) is 52.0 Å². The Hall–Kier alpha value is -1.19. The largest absolute Gasteiger partial charge is 0.462 e. The van der Waals surface area contributed by atoms with E-state index in [1.54, 1.807) is 35.5 Å². The molecule has 1 unspecified atom stereocenters. The van der Waals surface area contributed by atoms with Gasteiger partial charge in [-0.25, -0.2) is 13.2 Å². The molecule has 1 saturated heterocycles. The number of carbonyl (C=O) groups is 1. The van der Waals surface area contributed by atoms with Crippen molar-refractivity contribution in [3.05, 3.63) is 29.1 Å². The number of ether oxygens (including phenoxy) is 1. The lowest BCUT2D eigenvalue weighted by Gasteiger charge is -2.31. The predicted molar refractivity (Wildman–Crippen MR) is 110 cm³/mol. The van der Waals surface area contributed by atoms with Crippen molar-refractivity contribution < 1.29 is 17.9 Å². The zero-order valence-electron chi connectivity index (χ0n) is 15.4. The van der Waals surface area contributed by atoms with Crippen LogP contribution in [0.2, 0.25) is 0 Å². The fourth-order valence-corrected chi connectivity index (χ4v) is 5.86. The van der Waals surface area contributed by atoms with Gasteiger partial charge >= 0.3 is 5.97 Å². The highest BCUT2D eigenvalue weighted by Crippen LogP contribution is 2.30. The topological polar surface area (TPSA) is 75.7 Å². The molecule has 2 aromatic rings. The van der Waals surface area contributed by atoms with Crippen molar-refractivity contribution in [1.82, 2.24) is 9.62 Å². The molecule has 150 valence electrons. The minimum absolute atomic E-state index is 0. The Bertz CT molecular complexity index is 896. The predicted octanol–water partition coefficient (Wildman–Crippen LogP) is 3.12. The second-order valence-electron chi connectivity index (χ2n) is 6.46. The summed E-state index contributed by atoms with van der Waals surface area (Å²) in [6.07, 6.45) is 1.92. The number of sulfonamides is 1. The molecule has 2 heterocycles. The molecule has 0 radical (unpaired) electrons. The zero-order chi connectivity index (χ0) is 18.7. The normalized spacial score (nSPS) is 18.2. The molecule has 0 amide bonds. The quantitative estimate of drug-likeness (QED) is 0.710. The number of piperidine rings is 1. The molecule has 1 aromatic heterocycles. The molecule has 1 atom stereocenters. The molecule has 1 aromatic carbocycles. The molecule has 1 aliphatic heterocycles. The van der Waals surface area contributed by atoms with Crippen LogP contribution in [0, 0.1) is 5.92 Å². The Kier molecular flexibility index (Phi) is 7.64. The summed E-state index contributed by atoms with van der Waals surface area (Å²) in [5.74, 6) is -0.0344. The highest BCUT2D eigenvalue weighted by Gasteiger charge is 2.30. The van der Waals surface area contributed by atoms with Gasteiger partial charge in [-0.05, 0) is 68.9 Å². The van der Waals surface area contributed by atoms with E-state index in [0.29, 0.717) is 30.5 Å². The van der Waals surface area contributed by atoms with E-state index in [1.165, 1.54) is 11.3 Å². The number of halogens is 1. The lowest BCUT2D eigenvalue weighted by atomic mass is 10.00. The van der Waals surface area contributed by atoms with E-state index in [-0.39, 0.29) is 23.3 Å². The van der Waals surface area contributed by atoms with Crippen molar-refractivity contribution in [3.8, 4) is 0 Å². The molecule has 0 bridgehead atoms. The Balaban J connectivity index is 0.00000261. The van der Waals surface area contributed by atoms with Gasteiger partial charge in [0.25, 0.3) is 0 Å². The molecule has 0 saturated carbocycles. The zero-order valence-corrected chi connectivity index (χ0v) is 17.9. The van der Waals surface area contributed by atoms with E-state index >= 15 is 0 Å². The molecule has 9 heteroatoms. The number of benzene rings is 1. The Labute approximate surface area is 170 Å². The summed E-state index contributed by atoms with van der Waals surface area (Å²) in [6, 6.07) is 6.76. The van der Waals surface area contributed by atoms with Crippen molar-refractivity contribution in [2.24, 2.45) is 5.92 Å². The van der Waals surface area contributed by atoms with Crippen LogP contribution < -0.4 is 5.32 Å². The summed E-state index contributed by atoms with van der Waals surface area (Å²) < 4.78 is 33.6. The number of esters is 1. The van der Waals surface area contributed by atoms with Gasteiger partial charge in [0.1, 0.15) is 4.88 Å². The third-order valence-electron chi connectivity index (χ3n) is 4.58. The molecular weight excluding hydrogens is 408 g/mol. The van der Waals surface area contributed by atoms with Gasteiger partial charge in [0.05, 0.1) is 11.5 Å². The molecule has 0 spiro atoms. The summed E-state index contributed by atoms with van der Waals surface area (Å²) in [5, 5.41) is 3.89. The standard InChI is InChI=1S/C18H24N2O4S2.ClH/c1-3-24-18(21)17-10-14-9-15(6-7-16(14)25-17)26(22,23)20-8-4-5-13(12-20)11-19-2;/h6-7,9-10,13,19H,3-5,8,11-12H2,1-2H3;1H. The number of nitrogens with zero attached hydrogens (tertiary/aromatic N) is 1. The Morgan fingerprint density at radius 1 is 1.37 bits per heavy atom. The molecule has 6 nitrogen and oxygen atoms in total. The van der Waals surface area contributed by atoms with Gasteiger partial charge < -0.3 is 10.1 Å². The Morgan fingerprint density at radius 2 is 2.15 bits per heavy atom. The summed E-state index contributed by atoms with van der Waals surface area (Å²) in [7, 11) is -1.64. The first-order valence-electron chi connectivity index (χ1n) is 8.81. The molecule has 1 fully saturated rings. The summed E-state index contributed by atoms with van der Waals surface area (Å²) in [5.41, 5.74) is 0. The first-order valence-corrected chi connectivity index (χ1v) is 11.1. The fourth-order valence-electron chi connectivity index (χ4n) is 3.33. The van der Waals surface area contributed by atoms with Crippen LogP contribution in [0.15, 0.2) is 29.2 Å².